The lowest BCUT2D eigenvalue weighted by molar-refractivity contribution is -0.385. The maximum Gasteiger partial charge on any atom is 0.573 e. The Morgan fingerprint density at radius 1 is 0.621 bits per heavy atom. The second-order valence-corrected chi connectivity index (χ2v) is 11.8. The number of carboxylic acid groups (broad SMARTS) is 2. The lowest BCUT2D eigenvalue weighted by Crippen LogP contribution is -2.24. The van der Waals surface area contributed by atoms with Gasteiger partial charge in [0, 0.05) is 37.4 Å². The normalized spacial score (nSPS) is 10.9. The minimum atomic E-state index is -4.93. The van der Waals surface area contributed by atoms with Gasteiger partial charge in [-0.25, -0.2) is 9.59 Å². The number of alkyl halides is 6. The van der Waals surface area contributed by atoms with Crippen LogP contribution in [0.5, 0.6) is 23.0 Å². The summed E-state index contributed by atoms with van der Waals surface area (Å²) >= 11 is 10.3. The number of aliphatic carboxylic acids is 2. The van der Waals surface area contributed by atoms with Gasteiger partial charge in [0.15, 0.2) is 13.2 Å². The highest BCUT2D eigenvalue weighted by atomic mass is 32.1. The molecule has 0 bridgehead atoms. The lowest BCUT2D eigenvalue weighted by atomic mass is 10.1. The summed E-state index contributed by atoms with van der Waals surface area (Å²) in [5, 5.41) is 44.6. The van der Waals surface area contributed by atoms with Crippen molar-refractivity contribution in [3.05, 3.63) is 127 Å². The molecular weight excluding hydrogens is 835 g/mol. The van der Waals surface area contributed by atoms with E-state index in [1.165, 1.54) is 36.4 Å². The zero-order chi connectivity index (χ0) is 43.2. The summed E-state index contributed by atoms with van der Waals surface area (Å²) in [7, 11) is 0. The van der Waals surface area contributed by atoms with Crippen molar-refractivity contribution in [1.82, 2.24) is 10.6 Å². The molecule has 0 unspecified atom stereocenters. The molecule has 0 aliphatic carbocycles. The minimum absolute atomic E-state index is 0.0310. The molecule has 308 valence electrons. The Balaban J connectivity index is 0.000000310. The van der Waals surface area contributed by atoms with Gasteiger partial charge >= 0.3 is 24.7 Å². The molecule has 0 aliphatic rings. The number of rotatable bonds is 16. The maximum absolute atomic E-state index is 12.5. The van der Waals surface area contributed by atoms with Crippen LogP contribution in [0.1, 0.15) is 22.3 Å². The van der Waals surface area contributed by atoms with E-state index >= 15 is 0 Å². The Bertz CT molecular complexity index is 2020. The van der Waals surface area contributed by atoms with Gasteiger partial charge in [-0.05, 0) is 47.5 Å². The molecule has 4 aromatic rings. The van der Waals surface area contributed by atoms with E-state index in [9.17, 15) is 56.2 Å². The standard InChI is InChI=1S/2C17H13F3N2O6S/c2*18-17(19,20)28-12-4-5-14(27-9-15(23)24)13(7-12)16(29)21-8-10-2-1-3-11(6-10)22(25)26/h2*1-7H,8-9H2,(H,21,29)(H,23,24). The third-order valence-electron chi connectivity index (χ3n) is 6.71. The summed E-state index contributed by atoms with van der Waals surface area (Å²) < 4.78 is 92.6. The van der Waals surface area contributed by atoms with Gasteiger partial charge in [0.25, 0.3) is 11.4 Å². The van der Waals surface area contributed by atoms with Crippen LogP contribution in [0.15, 0.2) is 84.9 Å². The lowest BCUT2D eigenvalue weighted by Gasteiger charge is -2.15. The molecule has 0 saturated heterocycles. The quantitative estimate of drug-likeness (QED) is 0.0392. The first-order chi connectivity index (χ1) is 27.1. The molecule has 4 N–H and O–H groups in total. The summed E-state index contributed by atoms with van der Waals surface area (Å²) in [5.41, 5.74) is 0.652. The Labute approximate surface area is 332 Å². The molecule has 0 fully saturated rings. The van der Waals surface area contributed by atoms with Crippen molar-refractivity contribution in [1.29, 1.82) is 0 Å². The van der Waals surface area contributed by atoms with Crippen LogP contribution in [-0.4, -0.2) is 67.9 Å². The van der Waals surface area contributed by atoms with Crippen LogP contribution in [0.4, 0.5) is 37.7 Å². The van der Waals surface area contributed by atoms with Gasteiger partial charge < -0.3 is 39.8 Å². The van der Waals surface area contributed by atoms with Crippen LogP contribution in [0.3, 0.4) is 0 Å². The molecule has 0 amide bonds. The first-order valence-electron chi connectivity index (χ1n) is 15.6. The van der Waals surface area contributed by atoms with Gasteiger partial charge in [0.05, 0.1) is 21.0 Å². The molecule has 58 heavy (non-hydrogen) atoms. The predicted molar refractivity (Wildman–Crippen MR) is 196 cm³/mol. The number of nitro benzene ring substituents is 2. The van der Waals surface area contributed by atoms with Crippen molar-refractivity contribution in [2.45, 2.75) is 25.8 Å². The minimum Gasteiger partial charge on any atom is -0.481 e. The largest absolute Gasteiger partial charge is 0.573 e. The van der Waals surface area contributed by atoms with E-state index in [2.05, 4.69) is 20.1 Å². The number of benzene rings is 4. The first kappa shape index (κ1) is 45.6. The number of carbonyl (C=O) groups is 2. The van der Waals surface area contributed by atoms with Crippen molar-refractivity contribution in [2.24, 2.45) is 0 Å². The van der Waals surface area contributed by atoms with Gasteiger partial charge in [-0.1, -0.05) is 48.7 Å². The van der Waals surface area contributed by atoms with Crippen molar-refractivity contribution in [3.63, 3.8) is 0 Å². The zero-order valence-electron chi connectivity index (χ0n) is 28.9. The van der Waals surface area contributed by atoms with Crippen LogP contribution in [-0.2, 0) is 22.7 Å². The highest BCUT2D eigenvalue weighted by Gasteiger charge is 2.32. The Morgan fingerprint density at radius 2 is 0.983 bits per heavy atom. The van der Waals surface area contributed by atoms with Crippen LogP contribution in [0.25, 0.3) is 0 Å². The van der Waals surface area contributed by atoms with E-state index in [1.54, 1.807) is 12.1 Å². The number of hydrogen-bond acceptors (Lipinski definition) is 12. The van der Waals surface area contributed by atoms with E-state index in [-0.39, 0.29) is 57.1 Å². The second-order valence-electron chi connectivity index (χ2n) is 11.0. The summed E-state index contributed by atoms with van der Waals surface area (Å²) in [6.07, 6.45) is -9.86. The molecule has 0 spiro atoms. The van der Waals surface area contributed by atoms with E-state index in [4.69, 9.17) is 44.1 Å². The Hall–Kier alpha value is -6.82. The summed E-state index contributed by atoms with van der Waals surface area (Å²) in [6, 6.07) is 17.4. The van der Waals surface area contributed by atoms with Gasteiger partial charge in [0.1, 0.15) is 33.0 Å². The van der Waals surface area contributed by atoms with Gasteiger partial charge in [-0.3, -0.25) is 20.2 Å². The number of non-ortho nitro benzene ring substituents is 2. The van der Waals surface area contributed by atoms with E-state index in [0.29, 0.717) is 11.1 Å². The molecule has 4 aromatic carbocycles. The molecule has 16 nitrogen and oxygen atoms in total. The fourth-order valence-corrected chi connectivity index (χ4v) is 4.88. The number of nitro groups is 2. The van der Waals surface area contributed by atoms with Gasteiger partial charge in [0.2, 0.25) is 0 Å². The average molecular weight is 861 g/mol. The highest BCUT2D eigenvalue weighted by Crippen LogP contribution is 2.31. The molecular formula is C34H26F6N4O12S2. The fraction of sp³-hybridized carbons (Fsp3) is 0.176. The predicted octanol–water partition coefficient (Wildman–Crippen LogP) is 6.84. The fourth-order valence-electron chi connectivity index (χ4n) is 4.41. The maximum atomic E-state index is 12.5. The van der Waals surface area contributed by atoms with E-state index in [1.807, 2.05) is 0 Å². The zero-order valence-corrected chi connectivity index (χ0v) is 30.5. The van der Waals surface area contributed by atoms with E-state index in [0.717, 1.165) is 36.4 Å². The summed E-state index contributed by atoms with van der Waals surface area (Å²) in [4.78, 5) is 41.8. The molecule has 0 radical (unpaired) electrons. The number of nitrogens with zero attached hydrogens (tertiary/aromatic N) is 2. The number of hydrogen-bond donors (Lipinski definition) is 4. The SMILES string of the molecule is O=C(O)COc1ccc(OC(F)(F)F)cc1C(=S)NCc1cccc([N+](=O)[O-])c1.O=C(O)COc1ccc(OC(F)(F)F)cc1C(=S)NCc1cccc([N+](=O)[O-])c1. The number of ether oxygens (including phenoxy) is 4. The van der Waals surface area contributed by atoms with Crippen LogP contribution in [0.2, 0.25) is 0 Å². The number of halogens is 6. The van der Waals surface area contributed by atoms with E-state index < -0.39 is 59.2 Å². The average Bonchev–Trinajstić information content (AvgIpc) is 3.14. The Kier molecular flexibility index (Phi) is 16.0. The Morgan fingerprint density at radius 3 is 1.29 bits per heavy atom. The molecule has 0 atom stereocenters. The highest BCUT2D eigenvalue weighted by molar-refractivity contribution is 7.81. The number of nitrogens with one attached hydrogen (secondary N) is 2. The van der Waals surface area contributed by atoms with Crippen molar-refractivity contribution in [2.75, 3.05) is 13.2 Å². The first-order valence-corrected chi connectivity index (χ1v) is 16.4. The summed E-state index contributed by atoms with van der Waals surface area (Å²) in [5.74, 6) is -3.87. The monoisotopic (exact) mass is 860 g/mol. The molecule has 0 aromatic heterocycles. The number of thiocarbonyl (C=S) groups is 2. The molecule has 4 rings (SSSR count). The third-order valence-corrected chi connectivity index (χ3v) is 7.44. The van der Waals surface area contributed by atoms with Gasteiger partial charge in [-0.15, -0.1) is 26.3 Å². The second kappa shape index (κ2) is 20.4. The number of carboxylic acids is 2. The topological polar surface area (TPSA) is 222 Å². The van der Waals surface area contributed by atoms with Crippen LogP contribution < -0.4 is 29.6 Å². The molecule has 0 aliphatic heterocycles. The van der Waals surface area contributed by atoms with Gasteiger partial charge in [-0.2, -0.15) is 0 Å². The molecule has 0 heterocycles. The van der Waals surface area contributed by atoms with Crippen molar-refractivity contribution >= 4 is 57.7 Å². The smallest absolute Gasteiger partial charge is 0.481 e. The van der Waals surface area contributed by atoms with Crippen molar-refractivity contribution in [3.8, 4) is 23.0 Å². The molecule has 0 saturated carbocycles. The molecule has 24 heteroatoms. The third kappa shape index (κ3) is 15.7. The van der Waals surface area contributed by atoms with Crippen LogP contribution in [0, 0.1) is 20.2 Å². The summed E-state index contributed by atoms with van der Waals surface area (Å²) in [6.45, 7) is -1.41. The van der Waals surface area contributed by atoms with Crippen LogP contribution >= 0.6 is 24.4 Å². The van der Waals surface area contributed by atoms with Crippen molar-refractivity contribution < 1.29 is 74.9 Å².